The molecule has 1 heterocycles. The van der Waals surface area contributed by atoms with Crippen molar-refractivity contribution in [2.24, 2.45) is 0 Å². The molecule has 1 aliphatic rings. The van der Waals surface area contributed by atoms with Crippen LogP contribution in [-0.4, -0.2) is 60.5 Å². The summed E-state index contributed by atoms with van der Waals surface area (Å²) >= 11 is 0. The van der Waals surface area contributed by atoms with E-state index in [1.165, 1.54) is 15.9 Å². The molecular formula is C16H18F3N3O2. The summed E-state index contributed by atoms with van der Waals surface area (Å²) in [6, 6.07) is 6.41. The SMILES string of the molecule is C=CC(=O)Nc1cccc(C(=O)N2CCN(CC(F)(F)F)CC2)c1. The minimum Gasteiger partial charge on any atom is -0.336 e. The second-order valence-corrected chi connectivity index (χ2v) is 5.46. The Bertz CT molecular complexity index is 623. The third kappa shape index (κ3) is 5.09. The monoisotopic (exact) mass is 341 g/mol. The van der Waals surface area contributed by atoms with Crippen molar-refractivity contribution in [3.63, 3.8) is 0 Å². The largest absolute Gasteiger partial charge is 0.401 e. The smallest absolute Gasteiger partial charge is 0.336 e. The first kappa shape index (κ1) is 18.0. The summed E-state index contributed by atoms with van der Waals surface area (Å²) in [7, 11) is 0. The van der Waals surface area contributed by atoms with E-state index in [1.54, 1.807) is 18.2 Å². The zero-order valence-corrected chi connectivity index (χ0v) is 13.0. The first-order valence-electron chi connectivity index (χ1n) is 7.40. The number of halogens is 3. The van der Waals surface area contributed by atoms with Crippen molar-refractivity contribution in [2.45, 2.75) is 6.18 Å². The Morgan fingerprint density at radius 1 is 1.21 bits per heavy atom. The maximum Gasteiger partial charge on any atom is 0.401 e. The Morgan fingerprint density at radius 3 is 2.46 bits per heavy atom. The van der Waals surface area contributed by atoms with Gasteiger partial charge in [-0.05, 0) is 24.3 Å². The van der Waals surface area contributed by atoms with Crippen molar-refractivity contribution in [1.29, 1.82) is 0 Å². The molecule has 0 aliphatic carbocycles. The summed E-state index contributed by atoms with van der Waals surface area (Å²) < 4.78 is 37.1. The minimum absolute atomic E-state index is 0.179. The Hall–Kier alpha value is -2.35. The highest BCUT2D eigenvalue weighted by Gasteiger charge is 2.33. The molecule has 1 aliphatic heterocycles. The summed E-state index contributed by atoms with van der Waals surface area (Å²) in [6.07, 6.45) is -3.11. The van der Waals surface area contributed by atoms with Crippen molar-refractivity contribution >= 4 is 17.5 Å². The zero-order valence-electron chi connectivity index (χ0n) is 13.0. The van der Waals surface area contributed by atoms with Crippen molar-refractivity contribution in [3.8, 4) is 0 Å². The van der Waals surface area contributed by atoms with Gasteiger partial charge in [0.15, 0.2) is 0 Å². The Morgan fingerprint density at radius 2 is 1.88 bits per heavy atom. The highest BCUT2D eigenvalue weighted by molar-refractivity contribution is 6.00. The van der Waals surface area contributed by atoms with E-state index in [4.69, 9.17) is 0 Å². The first-order valence-corrected chi connectivity index (χ1v) is 7.40. The number of hydrogen-bond donors (Lipinski definition) is 1. The summed E-state index contributed by atoms with van der Waals surface area (Å²) in [4.78, 5) is 26.5. The highest BCUT2D eigenvalue weighted by atomic mass is 19.4. The van der Waals surface area contributed by atoms with Crippen LogP contribution in [0.4, 0.5) is 18.9 Å². The van der Waals surface area contributed by atoms with Gasteiger partial charge in [-0.3, -0.25) is 14.5 Å². The van der Waals surface area contributed by atoms with Crippen LogP contribution in [0.3, 0.4) is 0 Å². The van der Waals surface area contributed by atoms with Crippen LogP contribution in [0.15, 0.2) is 36.9 Å². The molecule has 0 aromatic heterocycles. The molecule has 2 rings (SSSR count). The van der Waals surface area contributed by atoms with Gasteiger partial charge in [0, 0.05) is 37.4 Å². The molecule has 8 heteroatoms. The van der Waals surface area contributed by atoms with Gasteiger partial charge in [0.05, 0.1) is 6.54 Å². The Labute approximate surface area is 137 Å². The first-order chi connectivity index (χ1) is 11.3. The topological polar surface area (TPSA) is 52.7 Å². The lowest BCUT2D eigenvalue weighted by molar-refractivity contribution is -0.148. The van der Waals surface area contributed by atoms with Crippen LogP contribution in [0.5, 0.6) is 0 Å². The van der Waals surface area contributed by atoms with E-state index in [-0.39, 0.29) is 38.0 Å². The van der Waals surface area contributed by atoms with E-state index in [1.807, 2.05) is 0 Å². The molecule has 0 atom stereocenters. The molecule has 0 unspecified atom stereocenters. The average molecular weight is 341 g/mol. The van der Waals surface area contributed by atoms with Crippen LogP contribution in [0, 0.1) is 0 Å². The standard InChI is InChI=1S/C16H18F3N3O2/c1-2-14(23)20-13-5-3-4-12(10-13)15(24)22-8-6-21(7-9-22)11-16(17,18)19/h2-5,10H,1,6-9,11H2,(H,20,23). The van der Waals surface area contributed by atoms with Crippen molar-refractivity contribution in [2.75, 3.05) is 38.0 Å². The molecule has 1 aromatic carbocycles. The lowest BCUT2D eigenvalue weighted by atomic mass is 10.1. The van der Waals surface area contributed by atoms with Crippen molar-refractivity contribution in [3.05, 3.63) is 42.5 Å². The van der Waals surface area contributed by atoms with Gasteiger partial charge in [-0.15, -0.1) is 0 Å². The number of nitrogens with one attached hydrogen (secondary N) is 1. The number of hydrogen-bond acceptors (Lipinski definition) is 3. The molecule has 0 spiro atoms. The number of benzene rings is 1. The molecule has 24 heavy (non-hydrogen) atoms. The zero-order chi connectivity index (χ0) is 17.7. The maximum atomic E-state index is 12.5. The number of rotatable bonds is 4. The van der Waals surface area contributed by atoms with Gasteiger partial charge in [0.1, 0.15) is 0 Å². The quantitative estimate of drug-likeness (QED) is 0.854. The molecule has 130 valence electrons. The van der Waals surface area contributed by atoms with Crippen LogP contribution in [0.1, 0.15) is 10.4 Å². The van der Waals surface area contributed by atoms with Crippen LogP contribution in [0.25, 0.3) is 0 Å². The fourth-order valence-electron chi connectivity index (χ4n) is 2.47. The molecule has 1 saturated heterocycles. The predicted molar refractivity (Wildman–Crippen MR) is 83.7 cm³/mol. The summed E-state index contributed by atoms with van der Waals surface area (Å²) in [5, 5.41) is 2.56. The van der Waals surface area contributed by atoms with Crippen LogP contribution >= 0.6 is 0 Å². The number of alkyl halides is 3. The summed E-state index contributed by atoms with van der Waals surface area (Å²) in [5.41, 5.74) is 0.836. The van der Waals surface area contributed by atoms with E-state index >= 15 is 0 Å². The molecule has 5 nitrogen and oxygen atoms in total. The number of carbonyl (C=O) groups excluding carboxylic acids is 2. The summed E-state index contributed by atoms with van der Waals surface area (Å²) in [5.74, 6) is -0.656. The lowest BCUT2D eigenvalue weighted by Gasteiger charge is -2.35. The number of piperazine rings is 1. The third-order valence-electron chi connectivity index (χ3n) is 3.62. The van der Waals surface area contributed by atoms with Gasteiger partial charge < -0.3 is 10.2 Å². The van der Waals surface area contributed by atoms with Gasteiger partial charge >= 0.3 is 6.18 Å². The number of nitrogens with zero attached hydrogens (tertiary/aromatic N) is 2. The fourth-order valence-corrected chi connectivity index (χ4v) is 2.47. The molecule has 1 N–H and O–H groups in total. The predicted octanol–water partition coefficient (Wildman–Crippen LogP) is 2.13. The maximum absolute atomic E-state index is 12.5. The minimum atomic E-state index is -4.23. The van der Waals surface area contributed by atoms with Crippen LogP contribution < -0.4 is 5.32 Å². The van der Waals surface area contributed by atoms with Crippen LogP contribution in [-0.2, 0) is 4.79 Å². The molecule has 0 bridgehead atoms. The Balaban J connectivity index is 1.97. The molecule has 0 radical (unpaired) electrons. The highest BCUT2D eigenvalue weighted by Crippen LogP contribution is 2.19. The second kappa shape index (κ2) is 7.48. The van der Waals surface area contributed by atoms with Gasteiger partial charge in [0.2, 0.25) is 5.91 Å². The van der Waals surface area contributed by atoms with Gasteiger partial charge in [-0.2, -0.15) is 13.2 Å². The van der Waals surface area contributed by atoms with Gasteiger partial charge in [-0.1, -0.05) is 12.6 Å². The second-order valence-electron chi connectivity index (χ2n) is 5.46. The molecule has 0 saturated carbocycles. The van der Waals surface area contributed by atoms with Crippen molar-refractivity contribution < 1.29 is 22.8 Å². The summed E-state index contributed by atoms with van der Waals surface area (Å²) in [6.45, 7) is 3.21. The van der Waals surface area contributed by atoms with E-state index in [0.717, 1.165) is 6.08 Å². The number of carbonyl (C=O) groups is 2. The molecular weight excluding hydrogens is 323 g/mol. The van der Waals surface area contributed by atoms with Gasteiger partial charge in [-0.25, -0.2) is 0 Å². The van der Waals surface area contributed by atoms with E-state index < -0.39 is 12.7 Å². The lowest BCUT2D eigenvalue weighted by Crippen LogP contribution is -2.50. The van der Waals surface area contributed by atoms with Crippen molar-refractivity contribution in [1.82, 2.24) is 9.80 Å². The molecule has 1 fully saturated rings. The van der Waals surface area contributed by atoms with Gasteiger partial charge in [0.25, 0.3) is 5.91 Å². The number of anilines is 1. The molecule has 2 amide bonds. The van der Waals surface area contributed by atoms with Crippen LogP contribution in [0.2, 0.25) is 0 Å². The van der Waals surface area contributed by atoms with E-state index in [9.17, 15) is 22.8 Å². The fraction of sp³-hybridized carbons (Fsp3) is 0.375. The van der Waals surface area contributed by atoms with E-state index in [0.29, 0.717) is 11.3 Å². The number of amides is 2. The van der Waals surface area contributed by atoms with E-state index in [2.05, 4.69) is 11.9 Å². The Kier molecular flexibility index (Phi) is 5.61. The average Bonchev–Trinajstić information content (AvgIpc) is 2.53. The third-order valence-corrected chi connectivity index (χ3v) is 3.62. The molecule has 1 aromatic rings. The normalized spacial score (nSPS) is 15.9.